The normalized spacial score (nSPS) is 11.9. The van der Waals surface area contributed by atoms with Crippen LogP contribution in [0.4, 0.5) is 5.69 Å². The number of aliphatic hydroxyl groups excluding tert-OH is 1. The van der Waals surface area contributed by atoms with Crippen molar-refractivity contribution in [1.82, 2.24) is 0 Å². The molecule has 0 radical (unpaired) electrons. The molecule has 1 atom stereocenters. The minimum Gasteiger partial charge on any atom is -0.481 e. The predicted molar refractivity (Wildman–Crippen MR) is 93.3 cm³/mol. The Morgan fingerprint density at radius 1 is 1.32 bits per heavy atom. The number of aliphatic hydroxyl groups is 1. The number of fused-ring (bicyclic) bond motifs is 1. The minimum atomic E-state index is -0.964. The van der Waals surface area contributed by atoms with Crippen LogP contribution in [0.3, 0.4) is 0 Å². The quantitative estimate of drug-likeness (QED) is 0.431. The number of nitrogens with zero attached hydrogens (tertiary/aromatic N) is 1. The van der Waals surface area contributed by atoms with Crippen molar-refractivity contribution in [2.24, 2.45) is 0 Å². The van der Waals surface area contributed by atoms with Crippen LogP contribution < -0.4 is 4.74 Å². The van der Waals surface area contributed by atoms with Gasteiger partial charge >= 0.3 is 0 Å². The highest BCUT2D eigenvalue weighted by molar-refractivity contribution is 5.84. The summed E-state index contributed by atoms with van der Waals surface area (Å²) in [6.45, 7) is 1.66. The van der Waals surface area contributed by atoms with Crippen LogP contribution in [0.5, 0.6) is 5.75 Å². The molecule has 25 heavy (non-hydrogen) atoms. The second kappa shape index (κ2) is 6.67. The van der Waals surface area contributed by atoms with E-state index in [2.05, 4.69) is 5.92 Å². The third kappa shape index (κ3) is 3.32. The molecule has 1 unspecified atom stereocenters. The van der Waals surface area contributed by atoms with Crippen LogP contribution in [0.2, 0.25) is 0 Å². The molecule has 1 N–H and O–H groups in total. The van der Waals surface area contributed by atoms with Crippen LogP contribution in [-0.2, 0) is 0 Å². The van der Waals surface area contributed by atoms with Gasteiger partial charge in [-0.1, -0.05) is 5.92 Å². The molecule has 3 aromatic rings. The zero-order valence-electron chi connectivity index (χ0n) is 13.4. The van der Waals surface area contributed by atoms with Crippen molar-refractivity contribution in [1.29, 1.82) is 0 Å². The van der Waals surface area contributed by atoms with Crippen molar-refractivity contribution in [2.75, 3.05) is 6.61 Å². The Morgan fingerprint density at radius 3 is 2.80 bits per heavy atom. The molecule has 1 heterocycles. The van der Waals surface area contributed by atoms with Crippen LogP contribution in [0, 0.1) is 22.5 Å². The number of ether oxygens (including phenoxy) is 1. The Balaban J connectivity index is 2.03. The molecule has 0 amide bonds. The third-order valence-electron chi connectivity index (χ3n) is 3.77. The zero-order valence-corrected chi connectivity index (χ0v) is 13.4. The summed E-state index contributed by atoms with van der Waals surface area (Å²) in [7, 11) is 0. The number of hydrogen-bond acceptors (Lipinski definition) is 5. The van der Waals surface area contributed by atoms with Gasteiger partial charge in [0.25, 0.3) is 5.69 Å². The highest BCUT2D eigenvalue weighted by Gasteiger charge is 2.19. The lowest BCUT2D eigenvalue weighted by Gasteiger charge is -2.07. The molecule has 0 aliphatic heterocycles. The lowest BCUT2D eigenvalue weighted by Crippen LogP contribution is -1.99. The first kappa shape index (κ1) is 16.6. The summed E-state index contributed by atoms with van der Waals surface area (Å²) in [5.74, 6) is 3.58. The minimum absolute atomic E-state index is 0.125. The Kier molecular flexibility index (Phi) is 4.42. The molecule has 6 heteroatoms. The van der Waals surface area contributed by atoms with Gasteiger partial charge in [0.05, 0.1) is 16.6 Å². The third-order valence-corrected chi connectivity index (χ3v) is 3.77. The molecule has 2 aromatic carbocycles. The topological polar surface area (TPSA) is 85.7 Å². The lowest BCUT2D eigenvalue weighted by atomic mass is 10.0. The first-order valence-electron chi connectivity index (χ1n) is 7.56. The standard InChI is InChI=1S/C19H15NO5/c1-3-8-24-15-5-7-18-14(9-15)11-19(25-18)13-4-6-17(20(22)23)16(10-13)12(2)21/h1,4-7,9-12,21H,8H2,2H3. The summed E-state index contributed by atoms with van der Waals surface area (Å²) < 4.78 is 11.2. The van der Waals surface area contributed by atoms with Gasteiger partial charge in [0.1, 0.15) is 23.7 Å². The number of hydrogen-bond donors (Lipinski definition) is 1. The molecule has 6 nitrogen and oxygen atoms in total. The number of nitro groups is 1. The highest BCUT2D eigenvalue weighted by Crippen LogP contribution is 2.34. The lowest BCUT2D eigenvalue weighted by molar-refractivity contribution is -0.386. The summed E-state index contributed by atoms with van der Waals surface area (Å²) in [5.41, 5.74) is 1.41. The number of benzene rings is 2. The number of rotatable bonds is 5. The van der Waals surface area contributed by atoms with Gasteiger partial charge in [0.2, 0.25) is 0 Å². The monoisotopic (exact) mass is 337 g/mol. The van der Waals surface area contributed by atoms with Crippen LogP contribution in [-0.4, -0.2) is 16.6 Å². The van der Waals surface area contributed by atoms with Crippen LogP contribution in [0.15, 0.2) is 46.9 Å². The number of furan rings is 1. The molecule has 0 bridgehead atoms. The average molecular weight is 337 g/mol. The summed E-state index contributed by atoms with van der Waals surface area (Å²) in [4.78, 5) is 10.6. The van der Waals surface area contributed by atoms with Gasteiger partial charge in [-0.3, -0.25) is 10.1 Å². The summed E-state index contributed by atoms with van der Waals surface area (Å²) >= 11 is 0. The predicted octanol–water partition coefficient (Wildman–Crippen LogP) is 4.07. The van der Waals surface area contributed by atoms with Crippen molar-refractivity contribution in [3.63, 3.8) is 0 Å². The van der Waals surface area contributed by atoms with E-state index in [0.29, 0.717) is 22.7 Å². The SMILES string of the molecule is C#CCOc1ccc2oc(-c3ccc([N+](=O)[O-])c(C(C)O)c3)cc2c1. The molecule has 3 rings (SSSR count). The molecule has 0 aliphatic rings. The smallest absolute Gasteiger partial charge is 0.275 e. The highest BCUT2D eigenvalue weighted by atomic mass is 16.6. The van der Waals surface area contributed by atoms with E-state index in [4.69, 9.17) is 15.6 Å². The maximum atomic E-state index is 11.1. The Hall–Kier alpha value is -3.30. The second-order valence-corrected chi connectivity index (χ2v) is 5.51. The van der Waals surface area contributed by atoms with Gasteiger partial charge in [-0.2, -0.15) is 0 Å². The first-order valence-corrected chi connectivity index (χ1v) is 7.56. The van der Waals surface area contributed by atoms with E-state index < -0.39 is 11.0 Å². The maximum Gasteiger partial charge on any atom is 0.275 e. The molecule has 0 spiro atoms. The molecule has 0 saturated heterocycles. The van der Waals surface area contributed by atoms with Crippen molar-refractivity contribution in [3.05, 3.63) is 58.1 Å². The molecule has 126 valence electrons. The van der Waals surface area contributed by atoms with Gasteiger partial charge in [0, 0.05) is 17.0 Å². The molecule has 1 aromatic heterocycles. The number of terminal acetylenes is 1. The van der Waals surface area contributed by atoms with E-state index in [1.165, 1.54) is 13.0 Å². The summed E-state index contributed by atoms with van der Waals surface area (Å²) in [5, 5.41) is 21.7. The summed E-state index contributed by atoms with van der Waals surface area (Å²) in [6.07, 6.45) is 4.21. The molecule has 0 saturated carbocycles. The van der Waals surface area contributed by atoms with E-state index in [9.17, 15) is 15.2 Å². The number of nitro benzene ring substituents is 1. The summed E-state index contributed by atoms with van der Waals surface area (Å²) in [6, 6.07) is 11.7. The van der Waals surface area contributed by atoms with E-state index in [1.54, 1.807) is 30.3 Å². The van der Waals surface area contributed by atoms with Crippen molar-refractivity contribution in [3.8, 4) is 29.4 Å². The van der Waals surface area contributed by atoms with Crippen LogP contribution >= 0.6 is 0 Å². The van der Waals surface area contributed by atoms with Gasteiger partial charge in [-0.15, -0.1) is 6.42 Å². The Labute approximate surface area is 143 Å². The molecule has 0 fully saturated rings. The largest absolute Gasteiger partial charge is 0.481 e. The molecular weight excluding hydrogens is 322 g/mol. The molecule has 0 aliphatic carbocycles. The van der Waals surface area contributed by atoms with Gasteiger partial charge in [-0.25, -0.2) is 0 Å². The molecular formula is C19H15NO5. The Bertz CT molecular complexity index is 981. The van der Waals surface area contributed by atoms with Crippen LogP contribution in [0.25, 0.3) is 22.3 Å². The van der Waals surface area contributed by atoms with Crippen molar-refractivity contribution < 1.29 is 19.2 Å². The van der Waals surface area contributed by atoms with Gasteiger partial charge < -0.3 is 14.3 Å². The fourth-order valence-electron chi connectivity index (χ4n) is 2.59. The fourth-order valence-corrected chi connectivity index (χ4v) is 2.59. The second-order valence-electron chi connectivity index (χ2n) is 5.51. The van der Waals surface area contributed by atoms with E-state index in [1.807, 2.05) is 6.07 Å². The van der Waals surface area contributed by atoms with Crippen molar-refractivity contribution in [2.45, 2.75) is 13.0 Å². The van der Waals surface area contributed by atoms with E-state index >= 15 is 0 Å². The zero-order chi connectivity index (χ0) is 18.0. The maximum absolute atomic E-state index is 11.1. The fraction of sp³-hybridized carbons (Fsp3) is 0.158. The van der Waals surface area contributed by atoms with Crippen LogP contribution in [0.1, 0.15) is 18.6 Å². The Morgan fingerprint density at radius 2 is 2.12 bits per heavy atom. The van der Waals surface area contributed by atoms with Crippen molar-refractivity contribution >= 4 is 16.7 Å². The first-order chi connectivity index (χ1) is 12.0. The van der Waals surface area contributed by atoms with Gasteiger partial charge in [0.15, 0.2) is 0 Å². The van der Waals surface area contributed by atoms with Gasteiger partial charge in [-0.05, 0) is 43.3 Å². The van der Waals surface area contributed by atoms with E-state index in [0.717, 1.165) is 5.39 Å². The average Bonchev–Trinajstić information content (AvgIpc) is 3.02. The van der Waals surface area contributed by atoms with E-state index in [-0.39, 0.29) is 17.9 Å².